The molecule has 0 atom stereocenters. The molecule has 0 saturated heterocycles. The number of carbonyl (C=O) groups is 1. The van der Waals surface area contributed by atoms with Crippen molar-refractivity contribution >= 4 is 23.0 Å². The number of ketones is 1. The zero-order valence-corrected chi connectivity index (χ0v) is 14.3. The van der Waals surface area contributed by atoms with Gasteiger partial charge in [-0.2, -0.15) is 9.97 Å². The van der Waals surface area contributed by atoms with Crippen LogP contribution in [0.1, 0.15) is 5.82 Å². The highest BCUT2D eigenvalue weighted by Crippen LogP contribution is 2.19. The first kappa shape index (κ1) is 18.2. The summed E-state index contributed by atoms with van der Waals surface area (Å²) in [7, 11) is 0. The van der Waals surface area contributed by atoms with Gasteiger partial charge in [-0.25, -0.2) is 4.98 Å². The molecule has 2 aromatic rings. The lowest BCUT2D eigenvalue weighted by molar-refractivity contribution is -0.111. The van der Waals surface area contributed by atoms with E-state index in [0.29, 0.717) is 22.8 Å². The zero-order valence-electron chi connectivity index (χ0n) is 13.5. The van der Waals surface area contributed by atoms with Crippen LogP contribution in [-0.2, 0) is 4.79 Å². The van der Waals surface area contributed by atoms with Crippen LogP contribution in [0.5, 0.6) is 0 Å². The summed E-state index contributed by atoms with van der Waals surface area (Å²) in [4.78, 5) is 24.5. The number of carbonyl (C=O) groups excluding carboxylic acids is 1. The summed E-state index contributed by atoms with van der Waals surface area (Å²) >= 11 is 5.99. The second-order valence-electron chi connectivity index (χ2n) is 4.96. The van der Waals surface area contributed by atoms with Crippen molar-refractivity contribution in [2.75, 3.05) is 0 Å². The quantitative estimate of drug-likeness (QED) is 0.540. The first-order valence-corrected chi connectivity index (χ1v) is 7.75. The highest BCUT2D eigenvalue weighted by Gasteiger charge is 2.09. The van der Waals surface area contributed by atoms with Gasteiger partial charge in [-0.3, -0.25) is 4.79 Å². The second kappa shape index (κ2) is 8.66. The highest BCUT2D eigenvalue weighted by atomic mass is 35.5. The van der Waals surface area contributed by atoms with E-state index in [9.17, 15) is 4.79 Å². The minimum atomic E-state index is -0.248. The molecule has 0 fully saturated rings. The largest absolute Gasteiger partial charge is 0.289 e. The Morgan fingerprint density at radius 2 is 1.72 bits per heavy atom. The maximum atomic E-state index is 11.9. The molecule has 0 aliphatic heterocycles. The standard InChI is InChI=1S/C20H16ClN3O/c1-4-5-9-14(2)17(25)13-12-15(3)18-22-19(24-20(21)23-18)16-10-7-6-8-11-16/h4-13H,1-3H2/b9-5-,13-12-. The normalized spacial score (nSPS) is 10.9. The van der Waals surface area contributed by atoms with E-state index in [1.807, 2.05) is 30.3 Å². The predicted molar refractivity (Wildman–Crippen MR) is 102 cm³/mol. The Morgan fingerprint density at radius 3 is 2.40 bits per heavy atom. The molecule has 25 heavy (non-hydrogen) atoms. The molecule has 1 aromatic heterocycles. The number of hydrogen-bond donors (Lipinski definition) is 0. The minimum Gasteiger partial charge on any atom is -0.289 e. The third-order valence-corrected chi connectivity index (χ3v) is 3.28. The lowest BCUT2D eigenvalue weighted by Crippen LogP contribution is -2.00. The molecule has 0 saturated carbocycles. The SMILES string of the molecule is C=C/C=C\C(=C)C(=O)/C=C\C(=C)c1nc(Cl)nc(-c2ccccc2)n1. The van der Waals surface area contributed by atoms with Gasteiger partial charge in [0, 0.05) is 16.7 Å². The monoisotopic (exact) mass is 349 g/mol. The fourth-order valence-electron chi connectivity index (χ4n) is 1.83. The average molecular weight is 350 g/mol. The second-order valence-corrected chi connectivity index (χ2v) is 5.30. The lowest BCUT2D eigenvalue weighted by Gasteiger charge is -2.04. The van der Waals surface area contributed by atoms with Crippen molar-refractivity contribution < 1.29 is 4.79 Å². The Morgan fingerprint density at radius 1 is 1.00 bits per heavy atom. The third-order valence-electron chi connectivity index (χ3n) is 3.11. The predicted octanol–water partition coefficient (Wildman–Crippen LogP) is 4.63. The van der Waals surface area contributed by atoms with Gasteiger partial charge in [0.1, 0.15) is 0 Å². The van der Waals surface area contributed by atoms with Gasteiger partial charge in [-0.05, 0) is 23.8 Å². The van der Waals surface area contributed by atoms with E-state index < -0.39 is 0 Å². The molecule has 124 valence electrons. The summed E-state index contributed by atoms with van der Waals surface area (Å²) in [5.74, 6) is 0.493. The van der Waals surface area contributed by atoms with Crippen LogP contribution in [-0.4, -0.2) is 20.7 Å². The van der Waals surface area contributed by atoms with E-state index in [4.69, 9.17) is 11.6 Å². The molecule has 0 radical (unpaired) electrons. The molecule has 5 heteroatoms. The van der Waals surface area contributed by atoms with E-state index >= 15 is 0 Å². The molecule has 0 aliphatic rings. The number of halogens is 1. The molecule has 2 rings (SSSR count). The van der Waals surface area contributed by atoms with Crippen molar-refractivity contribution in [3.05, 3.63) is 97.1 Å². The number of rotatable bonds is 7. The van der Waals surface area contributed by atoms with Crippen molar-refractivity contribution in [3.8, 4) is 11.4 Å². The van der Waals surface area contributed by atoms with E-state index in [1.165, 1.54) is 12.2 Å². The number of aromatic nitrogens is 3. The molecule has 0 amide bonds. The summed E-state index contributed by atoms with van der Waals surface area (Å²) in [5, 5.41) is 0.0584. The van der Waals surface area contributed by atoms with Crippen molar-refractivity contribution in [2.24, 2.45) is 0 Å². The molecule has 0 bridgehead atoms. The number of nitrogens with zero attached hydrogens (tertiary/aromatic N) is 3. The van der Waals surface area contributed by atoms with Crippen LogP contribution in [0.25, 0.3) is 17.0 Å². The zero-order chi connectivity index (χ0) is 18.2. The third kappa shape index (κ3) is 5.19. The van der Waals surface area contributed by atoms with Crippen LogP contribution in [0, 0.1) is 0 Å². The average Bonchev–Trinajstić information content (AvgIpc) is 2.64. The van der Waals surface area contributed by atoms with Gasteiger partial charge >= 0.3 is 0 Å². The first-order valence-electron chi connectivity index (χ1n) is 7.38. The van der Waals surface area contributed by atoms with Crippen molar-refractivity contribution in [1.82, 2.24) is 15.0 Å². The number of benzene rings is 1. The topological polar surface area (TPSA) is 55.7 Å². The Balaban J connectivity index is 2.22. The van der Waals surface area contributed by atoms with Gasteiger partial charge in [-0.1, -0.05) is 68.3 Å². The molecular formula is C20H16ClN3O. The maximum Gasteiger partial charge on any atom is 0.226 e. The molecule has 0 N–H and O–H groups in total. The van der Waals surface area contributed by atoms with Gasteiger partial charge in [0.05, 0.1) is 0 Å². The van der Waals surface area contributed by atoms with Gasteiger partial charge in [-0.15, -0.1) is 0 Å². The van der Waals surface area contributed by atoms with Gasteiger partial charge in [0.25, 0.3) is 0 Å². The maximum absolute atomic E-state index is 11.9. The lowest BCUT2D eigenvalue weighted by atomic mass is 10.1. The van der Waals surface area contributed by atoms with Crippen LogP contribution in [0.2, 0.25) is 5.28 Å². The molecule has 0 spiro atoms. The summed E-state index contributed by atoms with van der Waals surface area (Å²) in [6.45, 7) is 11.1. The van der Waals surface area contributed by atoms with Crippen LogP contribution in [0.15, 0.2) is 86.0 Å². The van der Waals surface area contributed by atoms with E-state index in [2.05, 4.69) is 34.7 Å². The molecule has 1 aromatic carbocycles. The first-order chi connectivity index (χ1) is 12.0. The summed E-state index contributed by atoms with van der Waals surface area (Å²) < 4.78 is 0. The van der Waals surface area contributed by atoms with Crippen molar-refractivity contribution in [3.63, 3.8) is 0 Å². The molecule has 0 unspecified atom stereocenters. The molecule has 4 nitrogen and oxygen atoms in total. The van der Waals surface area contributed by atoms with Crippen LogP contribution < -0.4 is 0 Å². The molecule has 0 aliphatic carbocycles. The van der Waals surface area contributed by atoms with E-state index in [0.717, 1.165) is 5.56 Å². The Bertz CT molecular complexity index is 883. The molecule has 1 heterocycles. The fraction of sp³-hybridized carbons (Fsp3) is 0. The smallest absolute Gasteiger partial charge is 0.226 e. The van der Waals surface area contributed by atoms with Gasteiger partial charge in [0.15, 0.2) is 17.4 Å². The Kier molecular flexibility index (Phi) is 6.32. The van der Waals surface area contributed by atoms with E-state index in [1.54, 1.807) is 18.2 Å². The van der Waals surface area contributed by atoms with Gasteiger partial charge < -0.3 is 0 Å². The van der Waals surface area contributed by atoms with Crippen LogP contribution in [0.4, 0.5) is 0 Å². The Labute approximate surface area is 151 Å². The summed E-state index contributed by atoms with van der Waals surface area (Å²) in [5.41, 5.74) is 1.58. The highest BCUT2D eigenvalue weighted by molar-refractivity contribution is 6.28. The van der Waals surface area contributed by atoms with Crippen LogP contribution in [0.3, 0.4) is 0 Å². The fourth-order valence-corrected chi connectivity index (χ4v) is 1.99. The van der Waals surface area contributed by atoms with E-state index in [-0.39, 0.29) is 11.1 Å². The minimum absolute atomic E-state index is 0.0584. The number of hydrogen-bond acceptors (Lipinski definition) is 4. The van der Waals surface area contributed by atoms with Gasteiger partial charge in [0.2, 0.25) is 5.28 Å². The van der Waals surface area contributed by atoms with Crippen LogP contribution >= 0.6 is 11.6 Å². The summed E-state index contributed by atoms with van der Waals surface area (Å²) in [6.07, 6.45) is 7.67. The summed E-state index contributed by atoms with van der Waals surface area (Å²) in [6, 6.07) is 9.39. The van der Waals surface area contributed by atoms with Crippen molar-refractivity contribution in [1.29, 1.82) is 0 Å². The van der Waals surface area contributed by atoms with Crippen molar-refractivity contribution in [2.45, 2.75) is 0 Å². The molecular weight excluding hydrogens is 334 g/mol. The number of allylic oxidation sites excluding steroid dienone is 7. The Hall–Kier alpha value is -3.11.